The van der Waals surface area contributed by atoms with Crippen LogP contribution in [0.25, 0.3) is 22.2 Å². The first-order chi connectivity index (χ1) is 23.0. The minimum absolute atomic E-state index is 0.302. The van der Waals surface area contributed by atoms with Gasteiger partial charge >= 0.3 is 0 Å². The number of aromatic nitrogens is 3. The van der Waals surface area contributed by atoms with Crippen molar-refractivity contribution >= 4 is 39.8 Å². The number of amides is 1. The number of hydrogen-bond donors (Lipinski definition) is 2. The summed E-state index contributed by atoms with van der Waals surface area (Å²) in [5.41, 5.74) is 5.09. The van der Waals surface area contributed by atoms with Gasteiger partial charge in [0, 0.05) is 73.6 Å². The van der Waals surface area contributed by atoms with Crippen LogP contribution < -0.4 is 20.3 Å². The summed E-state index contributed by atoms with van der Waals surface area (Å²) in [6.07, 6.45) is 9.60. The molecular formula is C36H40N8O3. The van der Waals surface area contributed by atoms with Crippen molar-refractivity contribution in [2.45, 2.75) is 50.8 Å². The van der Waals surface area contributed by atoms with E-state index in [4.69, 9.17) is 14.5 Å². The SMILES string of the molecule is C=CC(=O)Nc1cc(Nc2ncc(C#N)c(-c3cn(C4CC4)c4ccccc34)n2)c(OC)cc1N1CCC(N2CC(OCC)C2)CC1. The fraction of sp³-hybridized carbons (Fsp3) is 0.389. The van der Waals surface area contributed by atoms with Gasteiger partial charge in [0.05, 0.1) is 47.7 Å². The van der Waals surface area contributed by atoms with Crippen LogP contribution in [0.1, 0.15) is 44.2 Å². The van der Waals surface area contributed by atoms with Crippen molar-refractivity contribution in [2.75, 3.05) is 55.4 Å². The third-order valence-corrected chi connectivity index (χ3v) is 9.45. The molecule has 0 bridgehead atoms. The van der Waals surface area contributed by atoms with Crippen molar-refractivity contribution < 1.29 is 14.3 Å². The van der Waals surface area contributed by atoms with E-state index in [9.17, 15) is 10.1 Å². The molecule has 2 aromatic heterocycles. The van der Waals surface area contributed by atoms with E-state index in [1.54, 1.807) is 13.3 Å². The molecule has 7 rings (SSSR count). The number of anilines is 4. The number of fused-ring (bicyclic) bond motifs is 1. The highest BCUT2D eigenvalue weighted by atomic mass is 16.5. The van der Waals surface area contributed by atoms with E-state index < -0.39 is 0 Å². The zero-order valence-electron chi connectivity index (χ0n) is 26.9. The first kappa shape index (κ1) is 30.7. The molecule has 242 valence electrons. The summed E-state index contributed by atoms with van der Waals surface area (Å²) < 4.78 is 13.9. The zero-order valence-corrected chi connectivity index (χ0v) is 26.9. The molecule has 4 aromatic rings. The van der Waals surface area contributed by atoms with Crippen molar-refractivity contribution in [1.82, 2.24) is 19.4 Å². The van der Waals surface area contributed by atoms with E-state index in [0.717, 1.165) is 80.6 Å². The van der Waals surface area contributed by atoms with Gasteiger partial charge in [-0.3, -0.25) is 9.69 Å². The van der Waals surface area contributed by atoms with Gasteiger partial charge in [-0.1, -0.05) is 24.8 Å². The highest BCUT2D eigenvalue weighted by Crippen LogP contribution is 2.43. The van der Waals surface area contributed by atoms with Gasteiger partial charge in [0.25, 0.3) is 0 Å². The Morgan fingerprint density at radius 3 is 2.62 bits per heavy atom. The summed E-state index contributed by atoms with van der Waals surface area (Å²) in [6, 6.07) is 15.3. The largest absolute Gasteiger partial charge is 0.494 e. The molecule has 0 radical (unpaired) electrons. The number of nitriles is 1. The number of benzene rings is 2. The Hall–Kier alpha value is -4.92. The molecule has 0 atom stereocenters. The maximum Gasteiger partial charge on any atom is 0.247 e. The zero-order chi connectivity index (χ0) is 32.5. The van der Waals surface area contributed by atoms with E-state index in [2.05, 4.69) is 61.0 Å². The van der Waals surface area contributed by atoms with Crippen molar-refractivity contribution in [2.24, 2.45) is 0 Å². The van der Waals surface area contributed by atoms with E-state index in [1.807, 2.05) is 31.2 Å². The van der Waals surface area contributed by atoms with Crippen LogP contribution in [-0.2, 0) is 9.53 Å². The lowest BCUT2D eigenvalue weighted by Crippen LogP contribution is -2.58. The molecule has 2 saturated heterocycles. The van der Waals surface area contributed by atoms with Gasteiger partial charge < -0.3 is 29.6 Å². The monoisotopic (exact) mass is 632 g/mol. The molecule has 11 heteroatoms. The van der Waals surface area contributed by atoms with Gasteiger partial charge in [0.2, 0.25) is 11.9 Å². The number of methoxy groups -OCH3 is 1. The third-order valence-electron chi connectivity index (χ3n) is 9.45. The number of likely N-dealkylation sites (tertiary alicyclic amines) is 1. The number of ether oxygens (including phenoxy) is 2. The van der Waals surface area contributed by atoms with Crippen LogP contribution in [0.4, 0.5) is 23.0 Å². The summed E-state index contributed by atoms with van der Waals surface area (Å²) in [7, 11) is 1.62. The third kappa shape index (κ3) is 6.14. The Morgan fingerprint density at radius 2 is 1.91 bits per heavy atom. The number of carbonyl (C=O) groups is 1. The predicted octanol–water partition coefficient (Wildman–Crippen LogP) is 5.87. The second kappa shape index (κ2) is 13.1. The molecular weight excluding hydrogens is 592 g/mol. The fourth-order valence-corrected chi connectivity index (χ4v) is 6.86. The van der Waals surface area contributed by atoms with Crippen LogP contribution in [0.2, 0.25) is 0 Å². The predicted molar refractivity (Wildman–Crippen MR) is 183 cm³/mol. The summed E-state index contributed by atoms with van der Waals surface area (Å²) in [4.78, 5) is 26.7. The van der Waals surface area contributed by atoms with Gasteiger partial charge in [0.1, 0.15) is 11.8 Å². The lowest BCUT2D eigenvalue weighted by molar-refractivity contribution is -0.111. The molecule has 2 aromatic carbocycles. The number of carbonyl (C=O) groups excluding carboxylic acids is 1. The lowest BCUT2D eigenvalue weighted by atomic mass is 9.98. The molecule has 11 nitrogen and oxygen atoms in total. The molecule has 2 aliphatic heterocycles. The van der Waals surface area contributed by atoms with Crippen LogP contribution in [-0.4, -0.2) is 77.4 Å². The molecule has 3 aliphatic rings. The molecule has 1 aliphatic carbocycles. The summed E-state index contributed by atoms with van der Waals surface area (Å²) in [5.74, 6) is 0.597. The van der Waals surface area contributed by atoms with Gasteiger partial charge in [-0.15, -0.1) is 0 Å². The fourth-order valence-electron chi connectivity index (χ4n) is 6.86. The number of para-hydroxylation sites is 1. The maximum absolute atomic E-state index is 12.6. The van der Waals surface area contributed by atoms with Gasteiger partial charge in [-0.05, 0) is 50.8 Å². The second-order valence-corrected chi connectivity index (χ2v) is 12.4. The first-order valence-electron chi connectivity index (χ1n) is 16.4. The Kier molecular flexibility index (Phi) is 8.54. The van der Waals surface area contributed by atoms with Crippen LogP contribution >= 0.6 is 0 Å². The average Bonchev–Trinajstić information content (AvgIpc) is 3.86. The van der Waals surface area contributed by atoms with Gasteiger partial charge in [-0.25, -0.2) is 9.97 Å². The normalized spacial score (nSPS) is 17.3. The van der Waals surface area contributed by atoms with Crippen molar-refractivity contribution in [1.29, 1.82) is 5.26 Å². The summed E-state index contributed by atoms with van der Waals surface area (Å²) in [6.45, 7) is 10.1. The summed E-state index contributed by atoms with van der Waals surface area (Å²) >= 11 is 0. The van der Waals surface area contributed by atoms with E-state index in [-0.39, 0.29) is 5.91 Å². The average molecular weight is 633 g/mol. The van der Waals surface area contributed by atoms with E-state index in [1.165, 1.54) is 6.08 Å². The molecule has 1 saturated carbocycles. The smallest absolute Gasteiger partial charge is 0.247 e. The van der Waals surface area contributed by atoms with Crippen LogP contribution in [0.15, 0.2) is 61.4 Å². The van der Waals surface area contributed by atoms with Crippen LogP contribution in [0.3, 0.4) is 0 Å². The van der Waals surface area contributed by atoms with Crippen molar-refractivity contribution in [3.05, 3.63) is 67.0 Å². The molecule has 2 N–H and O–H groups in total. The lowest BCUT2D eigenvalue weighted by Gasteiger charge is -2.47. The Labute approximate surface area is 274 Å². The van der Waals surface area contributed by atoms with E-state index in [0.29, 0.717) is 52.5 Å². The molecule has 4 heterocycles. The Balaban J connectivity index is 1.17. The van der Waals surface area contributed by atoms with E-state index >= 15 is 0 Å². The topological polar surface area (TPSA) is 121 Å². The van der Waals surface area contributed by atoms with Crippen LogP contribution in [0, 0.1) is 11.3 Å². The molecule has 0 spiro atoms. The quantitative estimate of drug-likeness (QED) is 0.196. The maximum atomic E-state index is 12.6. The minimum Gasteiger partial charge on any atom is -0.494 e. The second-order valence-electron chi connectivity index (χ2n) is 12.4. The number of nitrogens with one attached hydrogen (secondary N) is 2. The number of nitrogens with zero attached hydrogens (tertiary/aromatic N) is 6. The molecule has 3 fully saturated rings. The van der Waals surface area contributed by atoms with Gasteiger partial charge in [-0.2, -0.15) is 5.26 Å². The minimum atomic E-state index is -0.302. The number of hydrogen-bond acceptors (Lipinski definition) is 9. The summed E-state index contributed by atoms with van der Waals surface area (Å²) in [5, 5.41) is 17.4. The highest BCUT2D eigenvalue weighted by molar-refractivity contribution is 6.02. The highest BCUT2D eigenvalue weighted by Gasteiger charge is 2.35. The number of piperidine rings is 1. The molecule has 47 heavy (non-hydrogen) atoms. The Morgan fingerprint density at radius 1 is 1.13 bits per heavy atom. The standard InChI is InChI=1S/C36H40N8O3/c1-4-34(45)39-29-16-30(33(46-3)17-32(29)42-14-12-24(13-15-42)43-20-26(21-43)47-5-2)40-36-38-19-23(18-37)35(41-36)28-22-44(25-10-11-25)31-9-7-6-8-27(28)31/h4,6-9,16-17,19,22,24-26H,1,5,10-15,20-21H2,2-3H3,(H,39,45)(H,38,40,41). The first-order valence-corrected chi connectivity index (χ1v) is 16.4. The number of rotatable bonds is 11. The van der Waals surface area contributed by atoms with Crippen LogP contribution in [0.5, 0.6) is 5.75 Å². The van der Waals surface area contributed by atoms with Crippen molar-refractivity contribution in [3.63, 3.8) is 0 Å². The van der Waals surface area contributed by atoms with Gasteiger partial charge in [0.15, 0.2) is 0 Å². The Bertz CT molecular complexity index is 1840. The molecule has 0 unspecified atom stereocenters. The van der Waals surface area contributed by atoms with Crippen molar-refractivity contribution in [3.8, 4) is 23.1 Å². The molecule has 1 amide bonds.